The van der Waals surface area contributed by atoms with Gasteiger partial charge in [0.25, 0.3) is 0 Å². The van der Waals surface area contributed by atoms with Crippen LogP contribution in [0.1, 0.15) is 56.6 Å². The van der Waals surface area contributed by atoms with Crippen molar-refractivity contribution in [2.45, 2.75) is 70.4 Å². The number of hydrogen-bond acceptors (Lipinski definition) is 4. The van der Waals surface area contributed by atoms with Crippen molar-refractivity contribution in [3.8, 4) is 0 Å². The Morgan fingerprint density at radius 2 is 1.66 bits per heavy atom. The average Bonchev–Trinajstić information content (AvgIpc) is 3.17. The highest BCUT2D eigenvalue weighted by atomic mass is 16.6. The molecule has 1 heterocycles. The zero-order valence-electron chi connectivity index (χ0n) is 19.1. The molecule has 2 amide bonds. The zero-order valence-corrected chi connectivity index (χ0v) is 19.1. The van der Waals surface area contributed by atoms with Gasteiger partial charge in [0.1, 0.15) is 6.61 Å². The zero-order chi connectivity index (χ0) is 22.8. The molecule has 0 aliphatic carbocycles. The first-order valence-electron chi connectivity index (χ1n) is 11.9. The third-order valence-electron chi connectivity index (χ3n) is 6.31. The highest BCUT2D eigenvalue weighted by Crippen LogP contribution is 2.25. The second-order valence-corrected chi connectivity index (χ2v) is 8.77. The molecule has 1 saturated heterocycles. The van der Waals surface area contributed by atoms with E-state index in [0.29, 0.717) is 12.8 Å². The summed E-state index contributed by atoms with van der Waals surface area (Å²) in [5.41, 5.74) is 8.94. The second-order valence-electron chi connectivity index (χ2n) is 8.77. The van der Waals surface area contributed by atoms with Gasteiger partial charge in [0.05, 0.1) is 12.0 Å². The fourth-order valence-electron chi connectivity index (χ4n) is 4.47. The number of nitrogens with two attached hydrogens (primary N) is 1. The minimum absolute atomic E-state index is 0.170. The van der Waals surface area contributed by atoms with Crippen molar-refractivity contribution in [1.29, 1.82) is 0 Å². The lowest BCUT2D eigenvalue weighted by Crippen LogP contribution is -2.48. The summed E-state index contributed by atoms with van der Waals surface area (Å²) in [6, 6.07) is 19.7. The van der Waals surface area contributed by atoms with Crippen LogP contribution in [0.3, 0.4) is 0 Å². The van der Waals surface area contributed by atoms with E-state index < -0.39 is 6.09 Å². The lowest BCUT2D eigenvalue weighted by Gasteiger charge is -2.28. The monoisotopic (exact) mass is 436 g/mol. The number of rotatable bonds is 12. The minimum Gasteiger partial charge on any atom is -0.447 e. The van der Waals surface area contributed by atoms with Gasteiger partial charge in [-0.3, -0.25) is 4.79 Å². The molecule has 1 aliphatic heterocycles. The molecular formula is C27H36N2O3. The Labute approximate surface area is 191 Å². The fourth-order valence-corrected chi connectivity index (χ4v) is 4.47. The van der Waals surface area contributed by atoms with E-state index in [2.05, 4.69) is 19.1 Å². The molecule has 172 valence electrons. The van der Waals surface area contributed by atoms with Crippen LogP contribution >= 0.6 is 0 Å². The maximum Gasteiger partial charge on any atom is 0.416 e. The lowest BCUT2D eigenvalue weighted by atomic mass is 9.88. The molecule has 0 saturated carbocycles. The molecule has 5 heteroatoms. The molecule has 2 aromatic carbocycles. The van der Waals surface area contributed by atoms with E-state index in [-0.39, 0.29) is 30.5 Å². The number of amides is 2. The average molecular weight is 437 g/mol. The summed E-state index contributed by atoms with van der Waals surface area (Å²) in [5, 5.41) is 0. The number of unbranched alkanes of at least 4 members (excludes halogenated alkanes) is 2. The Kier molecular flexibility index (Phi) is 9.29. The van der Waals surface area contributed by atoms with E-state index >= 15 is 0 Å². The quantitative estimate of drug-likeness (QED) is 0.469. The van der Waals surface area contributed by atoms with Crippen LogP contribution in [0.5, 0.6) is 0 Å². The summed E-state index contributed by atoms with van der Waals surface area (Å²) in [6.07, 6.45) is 6.45. The van der Waals surface area contributed by atoms with Crippen molar-refractivity contribution in [3.05, 3.63) is 71.8 Å². The number of imide groups is 1. The van der Waals surface area contributed by atoms with Gasteiger partial charge >= 0.3 is 6.09 Å². The fraction of sp³-hybridized carbons (Fsp3) is 0.481. The Balaban J connectivity index is 1.66. The number of carbonyl (C=O) groups excluding carboxylic acids is 2. The van der Waals surface area contributed by atoms with E-state index in [1.807, 2.05) is 48.5 Å². The van der Waals surface area contributed by atoms with Gasteiger partial charge in [-0.2, -0.15) is 0 Å². The van der Waals surface area contributed by atoms with Crippen LogP contribution in [-0.4, -0.2) is 35.6 Å². The number of ether oxygens (including phenoxy) is 1. The van der Waals surface area contributed by atoms with Gasteiger partial charge in [0, 0.05) is 6.04 Å². The summed E-state index contributed by atoms with van der Waals surface area (Å²) in [5.74, 6) is -0.530. The number of benzene rings is 2. The molecule has 0 bridgehead atoms. The highest BCUT2D eigenvalue weighted by molar-refractivity contribution is 5.95. The number of nitrogens with zero attached hydrogens (tertiary/aromatic N) is 1. The van der Waals surface area contributed by atoms with Gasteiger partial charge in [-0.15, -0.1) is 0 Å². The molecular weight excluding hydrogens is 400 g/mol. The molecule has 5 nitrogen and oxygen atoms in total. The number of cyclic esters (lactones) is 1. The van der Waals surface area contributed by atoms with E-state index in [1.165, 1.54) is 10.5 Å². The van der Waals surface area contributed by atoms with Crippen molar-refractivity contribution in [3.63, 3.8) is 0 Å². The molecule has 0 spiro atoms. The SMILES string of the molecule is CCCCC[C@@H](C(=O)N1C(=O)OC[C@@H]1Cc1ccccc1)C(N)CCCc1ccccc1. The van der Waals surface area contributed by atoms with Gasteiger partial charge in [-0.1, -0.05) is 86.8 Å². The third-order valence-corrected chi connectivity index (χ3v) is 6.31. The van der Waals surface area contributed by atoms with Gasteiger partial charge < -0.3 is 10.5 Å². The van der Waals surface area contributed by atoms with Crippen LogP contribution in [-0.2, 0) is 22.4 Å². The molecule has 2 aromatic rings. The Morgan fingerprint density at radius 1 is 1.00 bits per heavy atom. The molecule has 3 rings (SSSR count). The van der Waals surface area contributed by atoms with Gasteiger partial charge in [0.2, 0.25) is 5.91 Å². The summed E-state index contributed by atoms with van der Waals surface area (Å²) >= 11 is 0. The summed E-state index contributed by atoms with van der Waals surface area (Å²) < 4.78 is 5.29. The summed E-state index contributed by atoms with van der Waals surface area (Å²) in [7, 11) is 0. The molecule has 1 unspecified atom stereocenters. The number of aryl methyl sites for hydroxylation is 1. The Bertz CT molecular complexity index is 840. The molecule has 2 N–H and O–H groups in total. The predicted molar refractivity (Wildman–Crippen MR) is 127 cm³/mol. The largest absolute Gasteiger partial charge is 0.447 e. The van der Waals surface area contributed by atoms with E-state index in [4.69, 9.17) is 10.5 Å². The van der Waals surface area contributed by atoms with Crippen molar-refractivity contribution in [2.75, 3.05) is 6.61 Å². The number of carbonyl (C=O) groups is 2. The van der Waals surface area contributed by atoms with Crippen molar-refractivity contribution in [2.24, 2.45) is 11.7 Å². The third kappa shape index (κ3) is 6.67. The van der Waals surface area contributed by atoms with Crippen LogP contribution in [0.2, 0.25) is 0 Å². The molecule has 1 aliphatic rings. The normalized spacial score (nSPS) is 17.8. The van der Waals surface area contributed by atoms with Crippen LogP contribution in [0.25, 0.3) is 0 Å². The van der Waals surface area contributed by atoms with Gasteiger partial charge in [0.15, 0.2) is 0 Å². The number of hydrogen-bond donors (Lipinski definition) is 1. The van der Waals surface area contributed by atoms with Gasteiger partial charge in [-0.05, 0) is 43.2 Å². The standard InChI is InChI=1S/C27H36N2O3/c1-2-3-6-17-24(25(28)18-11-16-21-12-7-4-8-13-21)26(30)29-23(20-32-27(29)31)19-22-14-9-5-10-15-22/h4-5,7-10,12-15,23-25H,2-3,6,11,16-20,28H2,1H3/t23-,24+,25?/m0/s1. The first-order valence-corrected chi connectivity index (χ1v) is 11.9. The topological polar surface area (TPSA) is 72.6 Å². The second kappa shape index (κ2) is 12.4. The van der Waals surface area contributed by atoms with Crippen LogP contribution in [0, 0.1) is 5.92 Å². The van der Waals surface area contributed by atoms with Gasteiger partial charge in [-0.25, -0.2) is 9.69 Å². The van der Waals surface area contributed by atoms with Crippen molar-refractivity contribution < 1.29 is 14.3 Å². The van der Waals surface area contributed by atoms with E-state index in [1.54, 1.807) is 0 Å². The Morgan fingerprint density at radius 3 is 2.31 bits per heavy atom. The van der Waals surface area contributed by atoms with E-state index in [9.17, 15) is 9.59 Å². The summed E-state index contributed by atoms with van der Waals surface area (Å²) in [4.78, 5) is 27.4. The smallest absolute Gasteiger partial charge is 0.416 e. The first-order chi connectivity index (χ1) is 15.6. The molecule has 0 radical (unpaired) electrons. The molecule has 3 atom stereocenters. The van der Waals surface area contributed by atoms with Crippen LogP contribution in [0.15, 0.2) is 60.7 Å². The maximum atomic E-state index is 13.6. The lowest BCUT2D eigenvalue weighted by molar-refractivity contribution is -0.134. The Hall–Kier alpha value is -2.66. The summed E-state index contributed by atoms with van der Waals surface area (Å²) in [6.45, 7) is 2.38. The molecule has 1 fully saturated rings. The predicted octanol–water partition coefficient (Wildman–Crippen LogP) is 5.12. The van der Waals surface area contributed by atoms with E-state index in [0.717, 1.165) is 44.1 Å². The molecule has 32 heavy (non-hydrogen) atoms. The van der Waals surface area contributed by atoms with Crippen LogP contribution < -0.4 is 5.73 Å². The van der Waals surface area contributed by atoms with Crippen molar-refractivity contribution in [1.82, 2.24) is 4.90 Å². The van der Waals surface area contributed by atoms with Crippen LogP contribution in [0.4, 0.5) is 4.79 Å². The maximum absolute atomic E-state index is 13.6. The molecule has 0 aromatic heterocycles. The highest BCUT2D eigenvalue weighted by Gasteiger charge is 2.42. The minimum atomic E-state index is -0.534. The first kappa shape index (κ1) is 24.0. The van der Waals surface area contributed by atoms with Crippen molar-refractivity contribution >= 4 is 12.0 Å².